The zero-order valence-corrected chi connectivity index (χ0v) is 13.9. The number of thiazole rings is 1. The summed E-state index contributed by atoms with van der Waals surface area (Å²) in [4.78, 5) is 8.29. The molecular weight excluding hydrogens is 341 g/mol. The Bertz CT molecular complexity index is 716. The van der Waals surface area contributed by atoms with Gasteiger partial charge < -0.3 is 9.30 Å². The van der Waals surface area contributed by atoms with Crippen molar-refractivity contribution >= 4 is 34.5 Å². The normalized spacial score (nSPS) is 12.5. The van der Waals surface area contributed by atoms with Gasteiger partial charge in [0.25, 0.3) is 0 Å². The molecule has 7 heteroatoms. The molecule has 1 aromatic carbocycles. The summed E-state index contributed by atoms with van der Waals surface area (Å²) in [6.07, 6.45) is 6.95. The van der Waals surface area contributed by atoms with E-state index in [2.05, 4.69) is 9.97 Å². The molecular formula is C15H13Cl2N3OS. The fourth-order valence-electron chi connectivity index (χ4n) is 2.09. The van der Waals surface area contributed by atoms with Gasteiger partial charge in [-0.15, -0.1) is 11.3 Å². The van der Waals surface area contributed by atoms with Gasteiger partial charge >= 0.3 is 0 Å². The molecule has 0 amide bonds. The molecule has 114 valence electrons. The van der Waals surface area contributed by atoms with E-state index in [0.29, 0.717) is 23.2 Å². The van der Waals surface area contributed by atoms with Crippen LogP contribution < -0.4 is 0 Å². The quantitative estimate of drug-likeness (QED) is 0.649. The van der Waals surface area contributed by atoms with Gasteiger partial charge in [0.2, 0.25) is 0 Å². The molecule has 0 spiro atoms. The first-order valence-electron chi connectivity index (χ1n) is 6.63. The number of nitrogens with zero attached hydrogens (tertiary/aromatic N) is 3. The number of halogens is 2. The SMILES string of the molecule is Clc1ccc(C(Cn2ccnc2)OCc2nccs2)c(Cl)c1. The molecule has 0 bridgehead atoms. The van der Waals surface area contributed by atoms with Crippen LogP contribution in [0.3, 0.4) is 0 Å². The van der Waals surface area contributed by atoms with Crippen molar-refractivity contribution in [2.24, 2.45) is 0 Å². The van der Waals surface area contributed by atoms with Gasteiger partial charge in [-0.05, 0) is 12.1 Å². The number of hydrogen-bond acceptors (Lipinski definition) is 4. The maximum Gasteiger partial charge on any atom is 0.118 e. The number of benzene rings is 1. The minimum atomic E-state index is -0.206. The molecule has 0 radical (unpaired) electrons. The minimum Gasteiger partial charge on any atom is -0.364 e. The molecule has 2 heterocycles. The molecule has 0 fully saturated rings. The average molecular weight is 354 g/mol. The van der Waals surface area contributed by atoms with Gasteiger partial charge in [-0.1, -0.05) is 29.3 Å². The van der Waals surface area contributed by atoms with E-state index in [9.17, 15) is 0 Å². The van der Waals surface area contributed by atoms with E-state index in [1.54, 1.807) is 36.1 Å². The van der Waals surface area contributed by atoms with Gasteiger partial charge in [0.1, 0.15) is 11.1 Å². The van der Waals surface area contributed by atoms with Crippen molar-refractivity contribution < 1.29 is 4.74 Å². The number of hydrogen-bond donors (Lipinski definition) is 0. The van der Waals surface area contributed by atoms with E-state index in [1.165, 1.54) is 0 Å². The van der Waals surface area contributed by atoms with Gasteiger partial charge in [0, 0.05) is 39.6 Å². The number of ether oxygens (including phenoxy) is 1. The average Bonchev–Trinajstić information content (AvgIpc) is 3.17. The van der Waals surface area contributed by atoms with Crippen LogP contribution in [0.5, 0.6) is 0 Å². The van der Waals surface area contributed by atoms with Crippen LogP contribution in [0.15, 0.2) is 48.5 Å². The Balaban J connectivity index is 1.81. The molecule has 0 aliphatic carbocycles. The van der Waals surface area contributed by atoms with Crippen LogP contribution in [-0.4, -0.2) is 14.5 Å². The Labute approximate surface area is 142 Å². The number of aromatic nitrogens is 3. The maximum atomic E-state index is 6.32. The van der Waals surface area contributed by atoms with Crippen LogP contribution in [-0.2, 0) is 17.9 Å². The smallest absolute Gasteiger partial charge is 0.118 e. The molecule has 0 N–H and O–H groups in total. The maximum absolute atomic E-state index is 6.32. The van der Waals surface area contributed by atoms with E-state index >= 15 is 0 Å². The molecule has 4 nitrogen and oxygen atoms in total. The summed E-state index contributed by atoms with van der Waals surface area (Å²) >= 11 is 13.9. The summed E-state index contributed by atoms with van der Waals surface area (Å²) in [5.41, 5.74) is 0.899. The molecule has 3 aromatic rings. The van der Waals surface area contributed by atoms with Crippen LogP contribution in [0, 0.1) is 0 Å². The third-order valence-corrected chi connectivity index (χ3v) is 4.45. The largest absolute Gasteiger partial charge is 0.364 e. The summed E-state index contributed by atoms with van der Waals surface area (Å²) in [7, 11) is 0. The van der Waals surface area contributed by atoms with E-state index in [-0.39, 0.29) is 6.10 Å². The van der Waals surface area contributed by atoms with Crippen molar-refractivity contribution in [1.29, 1.82) is 0 Å². The summed E-state index contributed by atoms with van der Waals surface area (Å²) in [5, 5.41) is 4.06. The lowest BCUT2D eigenvalue weighted by atomic mass is 10.1. The standard InChI is InChI=1S/C15H13Cl2N3OS/c16-11-1-2-12(13(17)7-11)14(8-20-5-3-18-10-20)21-9-15-19-4-6-22-15/h1-7,10,14H,8-9H2. The van der Waals surface area contributed by atoms with Crippen LogP contribution in [0.1, 0.15) is 16.7 Å². The van der Waals surface area contributed by atoms with Gasteiger partial charge in [0.05, 0.1) is 19.5 Å². The molecule has 1 atom stereocenters. The summed E-state index contributed by atoms with van der Waals surface area (Å²) in [6.45, 7) is 1.06. The highest BCUT2D eigenvalue weighted by atomic mass is 35.5. The number of imidazole rings is 1. The Morgan fingerprint density at radius 3 is 2.86 bits per heavy atom. The van der Waals surface area contributed by atoms with E-state index in [4.69, 9.17) is 27.9 Å². The minimum absolute atomic E-state index is 0.206. The van der Waals surface area contributed by atoms with Gasteiger partial charge in [-0.25, -0.2) is 9.97 Å². The van der Waals surface area contributed by atoms with Crippen molar-refractivity contribution in [1.82, 2.24) is 14.5 Å². The van der Waals surface area contributed by atoms with Crippen LogP contribution in [0.25, 0.3) is 0 Å². The lowest BCUT2D eigenvalue weighted by molar-refractivity contribution is 0.0279. The first kappa shape index (κ1) is 15.5. The summed E-state index contributed by atoms with van der Waals surface area (Å²) in [6, 6.07) is 5.44. The lowest BCUT2D eigenvalue weighted by Gasteiger charge is -2.19. The highest BCUT2D eigenvalue weighted by Gasteiger charge is 2.17. The van der Waals surface area contributed by atoms with Gasteiger partial charge in [-0.3, -0.25) is 0 Å². The zero-order chi connectivity index (χ0) is 15.4. The Kier molecular flexibility index (Phi) is 5.10. The van der Waals surface area contributed by atoms with Crippen LogP contribution in [0.2, 0.25) is 10.0 Å². The van der Waals surface area contributed by atoms with E-state index in [0.717, 1.165) is 10.6 Å². The molecule has 3 rings (SSSR count). The van der Waals surface area contributed by atoms with E-state index in [1.807, 2.05) is 28.3 Å². The monoisotopic (exact) mass is 353 g/mol. The molecule has 1 unspecified atom stereocenters. The van der Waals surface area contributed by atoms with Gasteiger partial charge in [0.15, 0.2) is 0 Å². The fourth-order valence-corrected chi connectivity index (χ4v) is 3.15. The Morgan fingerprint density at radius 1 is 1.27 bits per heavy atom. The second-order valence-electron chi connectivity index (χ2n) is 4.65. The van der Waals surface area contributed by atoms with Crippen molar-refractivity contribution in [3.05, 3.63) is 69.1 Å². The fraction of sp³-hybridized carbons (Fsp3) is 0.200. The van der Waals surface area contributed by atoms with Crippen LogP contribution in [0.4, 0.5) is 0 Å². The highest BCUT2D eigenvalue weighted by molar-refractivity contribution is 7.09. The van der Waals surface area contributed by atoms with Crippen molar-refractivity contribution in [2.45, 2.75) is 19.3 Å². The lowest BCUT2D eigenvalue weighted by Crippen LogP contribution is -2.12. The van der Waals surface area contributed by atoms with Gasteiger partial charge in [-0.2, -0.15) is 0 Å². The molecule has 2 aromatic heterocycles. The van der Waals surface area contributed by atoms with Crippen molar-refractivity contribution in [2.75, 3.05) is 0 Å². The summed E-state index contributed by atoms with van der Waals surface area (Å²) < 4.78 is 7.99. The Morgan fingerprint density at radius 2 is 2.18 bits per heavy atom. The molecule has 22 heavy (non-hydrogen) atoms. The second-order valence-corrected chi connectivity index (χ2v) is 6.47. The second kappa shape index (κ2) is 7.24. The predicted octanol–water partition coefficient (Wildman–Crippen LogP) is 4.60. The molecule has 0 saturated heterocycles. The molecule has 0 aliphatic rings. The molecule has 0 saturated carbocycles. The Hall–Kier alpha value is -1.40. The third-order valence-electron chi connectivity index (χ3n) is 3.14. The predicted molar refractivity (Wildman–Crippen MR) is 88.3 cm³/mol. The zero-order valence-electron chi connectivity index (χ0n) is 11.5. The number of rotatable bonds is 6. The topological polar surface area (TPSA) is 39.9 Å². The van der Waals surface area contributed by atoms with Crippen molar-refractivity contribution in [3.63, 3.8) is 0 Å². The highest BCUT2D eigenvalue weighted by Crippen LogP contribution is 2.30. The summed E-state index contributed by atoms with van der Waals surface area (Å²) in [5.74, 6) is 0. The molecule has 0 aliphatic heterocycles. The third kappa shape index (κ3) is 3.87. The first-order valence-corrected chi connectivity index (χ1v) is 8.26. The first-order chi connectivity index (χ1) is 10.7. The van der Waals surface area contributed by atoms with Crippen LogP contribution >= 0.6 is 34.5 Å². The van der Waals surface area contributed by atoms with Crippen molar-refractivity contribution in [3.8, 4) is 0 Å². The van der Waals surface area contributed by atoms with E-state index < -0.39 is 0 Å².